The number of aromatic hydroxyl groups is 1. The quantitative estimate of drug-likeness (QED) is 0.780. The monoisotopic (exact) mass is 280 g/mol. The lowest BCUT2D eigenvalue weighted by Gasteiger charge is -2.10. The Bertz CT molecular complexity index is 776. The van der Waals surface area contributed by atoms with E-state index in [0.717, 1.165) is 33.4 Å². The van der Waals surface area contributed by atoms with Crippen LogP contribution in [0.15, 0.2) is 54.6 Å². The zero-order valence-corrected chi connectivity index (χ0v) is 12.0. The Kier molecular flexibility index (Phi) is 3.40. The molecule has 0 aliphatic rings. The van der Waals surface area contributed by atoms with Gasteiger partial charge in [-0.15, -0.1) is 0 Å². The van der Waals surface area contributed by atoms with Crippen LogP contribution in [0.5, 0.6) is 17.2 Å². The van der Waals surface area contributed by atoms with Crippen molar-refractivity contribution in [3.8, 4) is 28.4 Å². The summed E-state index contributed by atoms with van der Waals surface area (Å²) in [7, 11) is 3.27. The third-order valence-electron chi connectivity index (χ3n) is 3.60. The van der Waals surface area contributed by atoms with Gasteiger partial charge in [-0.25, -0.2) is 0 Å². The van der Waals surface area contributed by atoms with Crippen LogP contribution in [0.2, 0.25) is 0 Å². The number of hydrogen-bond acceptors (Lipinski definition) is 3. The first-order valence-electron chi connectivity index (χ1n) is 6.67. The molecule has 106 valence electrons. The Hall–Kier alpha value is -2.68. The molecule has 0 aliphatic heterocycles. The predicted molar refractivity (Wildman–Crippen MR) is 84.2 cm³/mol. The lowest BCUT2D eigenvalue weighted by atomic mass is 9.97. The van der Waals surface area contributed by atoms with E-state index in [1.807, 2.05) is 48.5 Å². The summed E-state index contributed by atoms with van der Waals surface area (Å²) in [5.41, 5.74) is 2.14. The highest BCUT2D eigenvalue weighted by Gasteiger charge is 2.08. The Morgan fingerprint density at radius 3 is 2.05 bits per heavy atom. The fourth-order valence-electron chi connectivity index (χ4n) is 2.46. The largest absolute Gasteiger partial charge is 0.507 e. The number of fused-ring (bicyclic) bond motifs is 1. The summed E-state index contributed by atoms with van der Waals surface area (Å²) in [6.45, 7) is 0. The molecule has 0 atom stereocenters. The maximum atomic E-state index is 10.1. The van der Waals surface area contributed by atoms with Crippen molar-refractivity contribution in [2.24, 2.45) is 0 Å². The number of rotatable bonds is 3. The fraction of sp³-hybridized carbons (Fsp3) is 0.111. The van der Waals surface area contributed by atoms with E-state index in [2.05, 4.69) is 0 Å². The van der Waals surface area contributed by atoms with Crippen molar-refractivity contribution in [1.29, 1.82) is 0 Å². The average molecular weight is 280 g/mol. The van der Waals surface area contributed by atoms with Crippen molar-refractivity contribution in [3.05, 3.63) is 54.6 Å². The molecule has 0 radical (unpaired) electrons. The van der Waals surface area contributed by atoms with Crippen molar-refractivity contribution in [1.82, 2.24) is 0 Å². The van der Waals surface area contributed by atoms with Crippen LogP contribution >= 0.6 is 0 Å². The maximum absolute atomic E-state index is 10.1. The van der Waals surface area contributed by atoms with Gasteiger partial charge in [0.2, 0.25) is 0 Å². The van der Waals surface area contributed by atoms with E-state index < -0.39 is 0 Å². The van der Waals surface area contributed by atoms with Gasteiger partial charge >= 0.3 is 0 Å². The van der Waals surface area contributed by atoms with E-state index in [9.17, 15) is 5.11 Å². The third kappa shape index (κ3) is 2.38. The van der Waals surface area contributed by atoms with E-state index in [-0.39, 0.29) is 5.75 Å². The Morgan fingerprint density at radius 2 is 1.38 bits per heavy atom. The Labute approximate surface area is 123 Å². The van der Waals surface area contributed by atoms with Crippen LogP contribution in [0.4, 0.5) is 0 Å². The molecule has 3 aromatic carbocycles. The third-order valence-corrected chi connectivity index (χ3v) is 3.60. The topological polar surface area (TPSA) is 38.7 Å². The summed E-state index contributed by atoms with van der Waals surface area (Å²) >= 11 is 0. The second-order valence-corrected chi connectivity index (χ2v) is 4.77. The molecule has 1 N–H and O–H groups in total. The zero-order valence-electron chi connectivity index (χ0n) is 12.0. The van der Waals surface area contributed by atoms with Crippen LogP contribution in [-0.2, 0) is 0 Å². The number of methoxy groups -OCH3 is 2. The number of hydrogen-bond donors (Lipinski definition) is 1. The fourth-order valence-corrected chi connectivity index (χ4v) is 2.46. The van der Waals surface area contributed by atoms with Crippen LogP contribution in [-0.4, -0.2) is 19.3 Å². The summed E-state index contributed by atoms with van der Waals surface area (Å²) in [6.07, 6.45) is 0. The second-order valence-electron chi connectivity index (χ2n) is 4.77. The molecular formula is C18H16O3. The molecule has 0 spiro atoms. The molecule has 3 aromatic rings. The van der Waals surface area contributed by atoms with E-state index in [1.165, 1.54) is 0 Å². The van der Waals surface area contributed by atoms with Gasteiger partial charge in [-0.1, -0.05) is 18.2 Å². The van der Waals surface area contributed by atoms with Gasteiger partial charge in [0.25, 0.3) is 0 Å². The van der Waals surface area contributed by atoms with Gasteiger partial charge in [0.15, 0.2) is 0 Å². The molecule has 0 bridgehead atoms. The van der Waals surface area contributed by atoms with Crippen molar-refractivity contribution in [2.45, 2.75) is 0 Å². The molecule has 0 saturated carbocycles. The number of phenols is 1. The summed E-state index contributed by atoms with van der Waals surface area (Å²) < 4.78 is 10.4. The lowest BCUT2D eigenvalue weighted by Crippen LogP contribution is -1.86. The molecule has 0 amide bonds. The minimum atomic E-state index is 0.251. The SMILES string of the molecule is COc1ccc(-c2ccc(O)c3cc(OC)ccc23)cc1. The molecule has 0 heterocycles. The normalized spacial score (nSPS) is 10.6. The maximum Gasteiger partial charge on any atom is 0.123 e. The average Bonchev–Trinajstić information content (AvgIpc) is 2.55. The van der Waals surface area contributed by atoms with Gasteiger partial charge < -0.3 is 14.6 Å². The van der Waals surface area contributed by atoms with E-state index >= 15 is 0 Å². The van der Waals surface area contributed by atoms with Gasteiger partial charge in [-0.2, -0.15) is 0 Å². The summed E-state index contributed by atoms with van der Waals surface area (Å²) in [6, 6.07) is 17.2. The van der Waals surface area contributed by atoms with Crippen LogP contribution in [0.3, 0.4) is 0 Å². The van der Waals surface area contributed by atoms with E-state index in [0.29, 0.717) is 0 Å². The van der Waals surface area contributed by atoms with Crippen molar-refractivity contribution < 1.29 is 14.6 Å². The van der Waals surface area contributed by atoms with Crippen LogP contribution in [0.25, 0.3) is 21.9 Å². The molecule has 0 aromatic heterocycles. The lowest BCUT2D eigenvalue weighted by molar-refractivity contribution is 0.415. The highest BCUT2D eigenvalue weighted by atomic mass is 16.5. The minimum absolute atomic E-state index is 0.251. The van der Waals surface area contributed by atoms with Gasteiger partial charge in [-0.05, 0) is 52.9 Å². The molecule has 21 heavy (non-hydrogen) atoms. The van der Waals surface area contributed by atoms with Gasteiger partial charge in [-0.3, -0.25) is 0 Å². The van der Waals surface area contributed by atoms with Crippen molar-refractivity contribution in [3.63, 3.8) is 0 Å². The number of phenolic OH excluding ortho intramolecular Hbond substituents is 1. The van der Waals surface area contributed by atoms with Gasteiger partial charge in [0.1, 0.15) is 17.2 Å². The highest BCUT2D eigenvalue weighted by molar-refractivity contribution is 6.00. The first-order chi connectivity index (χ1) is 10.2. The Morgan fingerprint density at radius 1 is 0.714 bits per heavy atom. The molecule has 0 fully saturated rings. The highest BCUT2D eigenvalue weighted by Crippen LogP contribution is 2.36. The molecule has 0 unspecified atom stereocenters. The van der Waals surface area contributed by atoms with Crippen LogP contribution in [0, 0.1) is 0 Å². The minimum Gasteiger partial charge on any atom is -0.507 e. The first-order valence-corrected chi connectivity index (χ1v) is 6.67. The molecular weight excluding hydrogens is 264 g/mol. The molecule has 0 saturated heterocycles. The molecule has 3 rings (SSSR count). The number of ether oxygens (including phenoxy) is 2. The smallest absolute Gasteiger partial charge is 0.123 e. The van der Waals surface area contributed by atoms with Crippen molar-refractivity contribution in [2.75, 3.05) is 14.2 Å². The van der Waals surface area contributed by atoms with E-state index in [4.69, 9.17) is 9.47 Å². The molecule has 3 heteroatoms. The van der Waals surface area contributed by atoms with Gasteiger partial charge in [0.05, 0.1) is 14.2 Å². The summed E-state index contributed by atoms with van der Waals surface area (Å²) in [4.78, 5) is 0. The second kappa shape index (κ2) is 5.37. The zero-order chi connectivity index (χ0) is 14.8. The van der Waals surface area contributed by atoms with Crippen LogP contribution in [0.1, 0.15) is 0 Å². The summed E-state index contributed by atoms with van der Waals surface area (Å²) in [5, 5.41) is 11.8. The Balaban J connectivity index is 2.20. The predicted octanol–water partition coefficient (Wildman–Crippen LogP) is 4.23. The standard InChI is InChI=1S/C18H16O3/c1-20-13-5-3-12(4-6-13)15-9-10-18(19)17-11-14(21-2)7-8-16(15)17/h3-11,19H,1-2H3. The number of benzene rings is 3. The van der Waals surface area contributed by atoms with E-state index in [1.54, 1.807) is 20.3 Å². The molecule has 0 aliphatic carbocycles. The van der Waals surface area contributed by atoms with Crippen LogP contribution < -0.4 is 9.47 Å². The molecule has 3 nitrogen and oxygen atoms in total. The summed E-state index contributed by atoms with van der Waals surface area (Å²) in [5.74, 6) is 1.80. The first kappa shape index (κ1) is 13.3. The van der Waals surface area contributed by atoms with Crippen molar-refractivity contribution >= 4 is 10.8 Å². The van der Waals surface area contributed by atoms with Gasteiger partial charge in [0, 0.05) is 5.39 Å².